The van der Waals surface area contributed by atoms with E-state index in [1.807, 2.05) is 0 Å². The summed E-state index contributed by atoms with van der Waals surface area (Å²) in [5.41, 5.74) is 0. The van der Waals surface area contributed by atoms with Crippen molar-refractivity contribution in [2.45, 2.75) is 46.5 Å². The summed E-state index contributed by atoms with van der Waals surface area (Å²) in [4.78, 5) is 7.22. The molecule has 1 N–H and O–H groups in total. The van der Waals surface area contributed by atoms with Crippen LogP contribution in [0.5, 0.6) is 0 Å². The first kappa shape index (κ1) is 20.2. The van der Waals surface area contributed by atoms with Gasteiger partial charge < -0.3 is 19.7 Å². The maximum absolute atomic E-state index is 5.49. The third kappa shape index (κ3) is 7.53. The van der Waals surface area contributed by atoms with E-state index >= 15 is 0 Å². The van der Waals surface area contributed by atoms with Gasteiger partial charge in [-0.1, -0.05) is 26.7 Å². The summed E-state index contributed by atoms with van der Waals surface area (Å²) in [6, 6.07) is 0. The van der Waals surface area contributed by atoms with E-state index in [9.17, 15) is 0 Å². The number of nitrogens with zero attached hydrogens (tertiary/aromatic N) is 2. The van der Waals surface area contributed by atoms with Gasteiger partial charge in [-0.15, -0.1) is 0 Å². The molecule has 1 aliphatic heterocycles. The summed E-state index contributed by atoms with van der Waals surface area (Å²) in [7, 11) is 1.70. The highest BCUT2D eigenvalue weighted by Crippen LogP contribution is 2.28. The quantitative estimate of drug-likeness (QED) is 0.360. The molecule has 0 aromatic rings. The van der Waals surface area contributed by atoms with E-state index in [-0.39, 0.29) is 0 Å². The molecule has 0 aromatic carbocycles. The number of likely N-dealkylation sites (tertiary alicyclic amines) is 1. The van der Waals surface area contributed by atoms with Gasteiger partial charge in [0.25, 0.3) is 0 Å². The van der Waals surface area contributed by atoms with Crippen molar-refractivity contribution < 1.29 is 9.47 Å². The predicted molar refractivity (Wildman–Crippen MR) is 97.0 cm³/mol. The van der Waals surface area contributed by atoms with E-state index in [4.69, 9.17) is 14.5 Å². The van der Waals surface area contributed by atoms with Gasteiger partial charge in [-0.25, -0.2) is 0 Å². The third-order valence-corrected chi connectivity index (χ3v) is 4.71. The summed E-state index contributed by atoms with van der Waals surface area (Å²) in [6.45, 7) is 12.9. The molecule has 0 spiro atoms. The molecule has 1 saturated heterocycles. The molecule has 0 saturated carbocycles. The molecule has 23 heavy (non-hydrogen) atoms. The van der Waals surface area contributed by atoms with Crippen molar-refractivity contribution in [1.29, 1.82) is 0 Å². The van der Waals surface area contributed by atoms with Crippen molar-refractivity contribution in [3.63, 3.8) is 0 Å². The van der Waals surface area contributed by atoms with Crippen molar-refractivity contribution in [3.8, 4) is 0 Å². The van der Waals surface area contributed by atoms with Crippen molar-refractivity contribution in [3.05, 3.63) is 0 Å². The molecule has 0 radical (unpaired) electrons. The Labute approximate surface area is 142 Å². The van der Waals surface area contributed by atoms with Gasteiger partial charge in [0.1, 0.15) is 0 Å². The minimum atomic E-state index is 0.664. The number of guanidine groups is 1. The molecule has 1 atom stereocenters. The van der Waals surface area contributed by atoms with E-state index in [2.05, 4.69) is 31.0 Å². The van der Waals surface area contributed by atoms with E-state index in [1.165, 1.54) is 19.3 Å². The van der Waals surface area contributed by atoms with Gasteiger partial charge >= 0.3 is 0 Å². The summed E-state index contributed by atoms with van der Waals surface area (Å²) in [6.07, 6.45) is 4.85. The Balaban J connectivity index is 2.37. The third-order valence-electron chi connectivity index (χ3n) is 4.71. The zero-order valence-electron chi connectivity index (χ0n) is 15.6. The van der Waals surface area contributed by atoms with Crippen LogP contribution in [0.25, 0.3) is 0 Å². The van der Waals surface area contributed by atoms with Crippen molar-refractivity contribution in [2.24, 2.45) is 16.8 Å². The van der Waals surface area contributed by atoms with Crippen LogP contribution in [0.1, 0.15) is 46.5 Å². The second-order valence-electron chi connectivity index (χ2n) is 6.27. The molecule has 5 nitrogen and oxygen atoms in total. The Bertz CT molecular complexity index is 319. The number of rotatable bonds is 11. The van der Waals surface area contributed by atoms with E-state index in [1.54, 1.807) is 7.11 Å². The van der Waals surface area contributed by atoms with Crippen LogP contribution in [0.15, 0.2) is 4.99 Å². The number of ether oxygens (including phenoxy) is 2. The van der Waals surface area contributed by atoms with E-state index < -0.39 is 0 Å². The first-order chi connectivity index (χ1) is 11.3. The Morgan fingerprint density at radius 1 is 1.22 bits per heavy atom. The zero-order valence-corrected chi connectivity index (χ0v) is 15.6. The average Bonchev–Trinajstić information content (AvgIpc) is 3.04. The van der Waals surface area contributed by atoms with Gasteiger partial charge in [0.05, 0.1) is 13.2 Å². The van der Waals surface area contributed by atoms with Crippen molar-refractivity contribution >= 4 is 5.96 Å². The van der Waals surface area contributed by atoms with Gasteiger partial charge in [0.2, 0.25) is 0 Å². The molecule has 1 rings (SSSR count). The topological polar surface area (TPSA) is 46.1 Å². The molecule has 0 aliphatic carbocycles. The van der Waals surface area contributed by atoms with Gasteiger partial charge in [0.15, 0.2) is 5.96 Å². The molecule has 1 heterocycles. The largest absolute Gasteiger partial charge is 0.382 e. The van der Waals surface area contributed by atoms with Gasteiger partial charge in [0, 0.05) is 39.9 Å². The average molecular weight is 328 g/mol. The highest BCUT2D eigenvalue weighted by atomic mass is 16.5. The molecular weight excluding hydrogens is 290 g/mol. The van der Waals surface area contributed by atoms with Gasteiger partial charge in [-0.2, -0.15) is 0 Å². The lowest BCUT2D eigenvalue weighted by Crippen LogP contribution is -2.40. The summed E-state index contributed by atoms with van der Waals surface area (Å²) < 4.78 is 10.5. The summed E-state index contributed by atoms with van der Waals surface area (Å²) >= 11 is 0. The lowest BCUT2D eigenvalue weighted by Gasteiger charge is -2.24. The molecule has 1 aliphatic rings. The predicted octanol–water partition coefficient (Wildman–Crippen LogP) is 2.76. The number of methoxy groups -OCH3 is 1. The summed E-state index contributed by atoms with van der Waals surface area (Å²) in [5.74, 6) is 2.76. The molecule has 0 amide bonds. The number of hydrogen-bond donors (Lipinski definition) is 1. The molecule has 0 aromatic heterocycles. The minimum Gasteiger partial charge on any atom is -0.382 e. The Kier molecular flexibility index (Phi) is 11.1. The van der Waals surface area contributed by atoms with Crippen LogP contribution in [0.4, 0.5) is 0 Å². The molecular formula is C18H37N3O2. The second-order valence-corrected chi connectivity index (χ2v) is 6.27. The Morgan fingerprint density at radius 3 is 2.65 bits per heavy atom. The van der Waals surface area contributed by atoms with Crippen LogP contribution in [0.3, 0.4) is 0 Å². The molecule has 136 valence electrons. The first-order valence-electron chi connectivity index (χ1n) is 9.36. The van der Waals surface area contributed by atoms with Crippen LogP contribution < -0.4 is 5.32 Å². The number of hydrogen-bond acceptors (Lipinski definition) is 3. The monoisotopic (exact) mass is 327 g/mol. The van der Waals surface area contributed by atoms with Crippen LogP contribution in [-0.4, -0.2) is 64.0 Å². The Hall–Kier alpha value is -0.810. The highest BCUT2D eigenvalue weighted by molar-refractivity contribution is 5.80. The van der Waals surface area contributed by atoms with Crippen LogP contribution in [-0.2, 0) is 9.47 Å². The molecule has 1 fully saturated rings. The van der Waals surface area contributed by atoms with E-state index in [0.717, 1.165) is 57.0 Å². The lowest BCUT2D eigenvalue weighted by atomic mass is 9.87. The van der Waals surface area contributed by atoms with Crippen molar-refractivity contribution in [1.82, 2.24) is 10.2 Å². The fraction of sp³-hybridized carbons (Fsp3) is 0.944. The number of aliphatic imine (C=N–C) groups is 1. The fourth-order valence-electron chi connectivity index (χ4n) is 3.34. The highest BCUT2D eigenvalue weighted by Gasteiger charge is 2.29. The van der Waals surface area contributed by atoms with E-state index in [0.29, 0.717) is 13.2 Å². The second kappa shape index (κ2) is 12.6. The maximum Gasteiger partial charge on any atom is 0.193 e. The van der Waals surface area contributed by atoms with Crippen LogP contribution in [0, 0.1) is 11.8 Å². The standard InChI is InChI=1S/C18H37N3O2/c1-5-16(6-2)17-9-11-21(15-17)18(19-7-3)20-10-8-12-23-14-13-22-4/h16-17H,5-15H2,1-4H3,(H,19,20). The SMILES string of the molecule is CCNC(=NCCCOCCOC)N1CCC(C(CC)CC)C1. The summed E-state index contributed by atoms with van der Waals surface area (Å²) in [5, 5.41) is 3.45. The smallest absolute Gasteiger partial charge is 0.193 e. The molecule has 0 bridgehead atoms. The van der Waals surface area contributed by atoms with Gasteiger partial charge in [-0.3, -0.25) is 4.99 Å². The maximum atomic E-state index is 5.49. The Morgan fingerprint density at radius 2 is 2.00 bits per heavy atom. The minimum absolute atomic E-state index is 0.664. The van der Waals surface area contributed by atoms with Gasteiger partial charge in [-0.05, 0) is 31.6 Å². The lowest BCUT2D eigenvalue weighted by molar-refractivity contribution is 0.0702. The zero-order chi connectivity index (χ0) is 16.9. The normalized spacial score (nSPS) is 18.9. The number of nitrogens with one attached hydrogen (secondary N) is 1. The molecule has 5 heteroatoms. The van der Waals surface area contributed by atoms with Crippen LogP contribution in [0.2, 0.25) is 0 Å². The van der Waals surface area contributed by atoms with Crippen molar-refractivity contribution in [2.75, 3.05) is 53.1 Å². The van der Waals surface area contributed by atoms with Crippen LogP contribution >= 0.6 is 0 Å². The molecule has 1 unspecified atom stereocenters. The fourth-order valence-corrected chi connectivity index (χ4v) is 3.34. The first-order valence-corrected chi connectivity index (χ1v) is 9.36.